The maximum atomic E-state index is 12.1. The molecular formula is C24H21NO5. The smallest absolute Gasteiger partial charge is 0.338 e. The number of benzene rings is 3. The van der Waals surface area contributed by atoms with Crippen LogP contribution in [0.1, 0.15) is 33.2 Å². The van der Waals surface area contributed by atoms with Crippen molar-refractivity contribution in [2.45, 2.75) is 13.5 Å². The lowest BCUT2D eigenvalue weighted by Gasteiger charge is -2.08. The Balaban J connectivity index is 1.45. The molecule has 0 aliphatic heterocycles. The van der Waals surface area contributed by atoms with Gasteiger partial charge >= 0.3 is 5.97 Å². The number of hydrogen-bond donors (Lipinski definition) is 1. The summed E-state index contributed by atoms with van der Waals surface area (Å²) >= 11 is 0. The lowest BCUT2D eigenvalue weighted by Crippen LogP contribution is -2.21. The number of esters is 1. The minimum Gasteiger partial charge on any atom is -0.489 e. The average Bonchev–Trinajstić information content (AvgIpc) is 2.77. The number of carbonyl (C=O) groups excluding carboxylic acids is 3. The van der Waals surface area contributed by atoms with Gasteiger partial charge in [-0.2, -0.15) is 0 Å². The maximum Gasteiger partial charge on any atom is 0.338 e. The van der Waals surface area contributed by atoms with Crippen LogP contribution < -0.4 is 10.1 Å². The van der Waals surface area contributed by atoms with Crippen molar-refractivity contribution in [3.05, 3.63) is 95.6 Å². The van der Waals surface area contributed by atoms with Gasteiger partial charge in [-0.05, 0) is 61.0 Å². The second-order valence-electron chi connectivity index (χ2n) is 6.56. The SMILES string of the molecule is CC(=O)c1ccc(NC(=O)COC(=O)c2ccc(COc3ccccc3)cc2)cc1. The largest absolute Gasteiger partial charge is 0.489 e. The number of ketones is 1. The molecule has 0 saturated heterocycles. The van der Waals surface area contributed by atoms with Crippen LogP contribution in [0.4, 0.5) is 5.69 Å². The van der Waals surface area contributed by atoms with Crippen LogP contribution in [0.3, 0.4) is 0 Å². The van der Waals surface area contributed by atoms with Crippen molar-refractivity contribution in [1.29, 1.82) is 0 Å². The van der Waals surface area contributed by atoms with Crippen molar-refractivity contribution in [1.82, 2.24) is 0 Å². The van der Waals surface area contributed by atoms with Crippen molar-refractivity contribution in [3.8, 4) is 5.75 Å². The Hall–Kier alpha value is -3.93. The van der Waals surface area contributed by atoms with E-state index < -0.39 is 18.5 Å². The van der Waals surface area contributed by atoms with Gasteiger partial charge in [-0.1, -0.05) is 30.3 Å². The van der Waals surface area contributed by atoms with E-state index in [-0.39, 0.29) is 5.78 Å². The monoisotopic (exact) mass is 403 g/mol. The molecule has 0 atom stereocenters. The first kappa shape index (κ1) is 20.8. The van der Waals surface area contributed by atoms with Gasteiger partial charge in [-0.25, -0.2) is 4.79 Å². The number of anilines is 1. The normalized spacial score (nSPS) is 10.2. The molecule has 6 nitrogen and oxygen atoms in total. The van der Waals surface area contributed by atoms with Gasteiger partial charge in [0.15, 0.2) is 12.4 Å². The molecule has 1 amide bonds. The van der Waals surface area contributed by atoms with Gasteiger partial charge in [0.25, 0.3) is 5.91 Å². The van der Waals surface area contributed by atoms with Gasteiger partial charge in [0.2, 0.25) is 0 Å². The van der Waals surface area contributed by atoms with E-state index in [2.05, 4.69) is 5.32 Å². The summed E-state index contributed by atoms with van der Waals surface area (Å²) in [6.45, 7) is 1.44. The number of para-hydroxylation sites is 1. The van der Waals surface area contributed by atoms with Crippen LogP contribution in [0, 0.1) is 0 Å². The molecule has 0 aliphatic carbocycles. The Morgan fingerprint density at radius 3 is 2.07 bits per heavy atom. The summed E-state index contributed by atoms with van der Waals surface area (Å²) in [7, 11) is 0. The van der Waals surface area contributed by atoms with Crippen molar-refractivity contribution in [2.75, 3.05) is 11.9 Å². The van der Waals surface area contributed by atoms with Crippen LogP contribution in [-0.2, 0) is 16.1 Å². The average molecular weight is 403 g/mol. The van der Waals surface area contributed by atoms with Gasteiger partial charge in [0, 0.05) is 11.3 Å². The Morgan fingerprint density at radius 1 is 0.800 bits per heavy atom. The highest BCUT2D eigenvalue weighted by atomic mass is 16.5. The highest BCUT2D eigenvalue weighted by Crippen LogP contribution is 2.13. The first-order valence-corrected chi connectivity index (χ1v) is 9.36. The van der Waals surface area contributed by atoms with E-state index in [1.165, 1.54) is 6.92 Å². The quantitative estimate of drug-likeness (QED) is 0.449. The molecule has 0 saturated carbocycles. The van der Waals surface area contributed by atoms with Gasteiger partial charge < -0.3 is 14.8 Å². The van der Waals surface area contributed by atoms with E-state index in [4.69, 9.17) is 9.47 Å². The zero-order valence-electron chi connectivity index (χ0n) is 16.5. The molecule has 0 unspecified atom stereocenters. The highest BCUT2D eigenvalue weighted by Gasteiger charge is 2.11. The molecule has 0 heterocycles. The predicted molar refractivity (Wildman–Crippen MR) is 113 cm³/mol. The number of carbonyl (C=O) groups is 3. The fourth-order valence-corrected chi connectivity index (χ4v) is 2.62. The molecule has 6 heteroatoms. The first-order chi connectivity index (χ1) is 14.5. The fourth-order valence-electron chi connectivity index (χ4n) is 2.62. The lowest BCUT2D eigenvalue weighted by atomic mass is 10.1. The zero-order valence-corrected chi connectivity index (χ0v) is 16.5. The van der Waals surface area contributed by atoms with Gasteiger partial charge in [-0.3, -0.25) is 9.59 Å². The molecule has 0 spiro atoms. The minimum absolute atomic E-state index is 0.0561. The third-order valence-corrected chi connectivity index (χ3v) is 4.25. The summed E-state index contributed by atoms with van der Waals surface area (Å²) < 4.78 is 10.7. The van der Waals surface area contributed by atoms with E-state index in [9.17, 15) is 14.4 Å². The Kier molecular flexibility index (Phi) is 6.95. The summed E-state index contributed by atoms with van der Waals surface area (Å²) in [4.78, 5) is 35.4. The van der Waals surface area contributed by atoms with E-state index >= 15 is 0 Å². The summed E-state index contributed by atoms with van der Waals surface area (Å²) in [6, 6.07) is 22.7. The van der Waals surface area contributed by atoms with Crippen LogP contribution in [-0.4, -0.2) is 24.3 Å². The van der Waals surface area contributed by atoms with Crippen LogP contribution in [0.15, 0.2) is 78.9 Å². The first-order valence-electron chi connectivity index (χ1n) is 9.36. The molecule has 0 aromatic heterocycles. The van der Waals surface area contributed by atoms with Crippen molar-refractivity contribution in [3.63, 3.8) is 0 Å². The third-order valence-electron chi connectivity index (χ3n) is 4.25. The number of ether oxygens (including phenoxy) is 2. The van der Waals surface area contributed by atoms with Crippen LogP contribution in [0.25, 0.3) is 0 Å². The molecule has 0 fully saturated rings. The molecule has 0 aliphatic rings. The van der Waals surface area contributed by atoms with Crippen molar-refractivity contribution in [2.24, 2.45) is 0 Å². The summed E-state index contributed by atoms with van der Waals surface area (Å²) in [5.74, 6) is -0.346. The molecule has 1 N–H and O–H groups in total. The summed E-state index contributed by atoms with van der Waals surface area (Å²) in [6.07, 6.45) is 0. The van der Waals surface area contributed by atoms with Gasteiger partial charge in [0.1, 0.15) is 12.4 Å². The van der Waals surface area contributed by atoms with E-state index in [1.54, 1.807) is 48.5 Å². The molecule has 3 aromatic carbocycles. The molecule has 30 heavy (non-hydrogen) atoms. The van der Waals surface area contributed by atoms with Gasteiger partial charge in [-0.15, -0.1) is 0 Å². The third kappa shape index (κ3) is 6.04. The predicted octanol–water partition coefficient (Wildman–Crippen LogP) is 4.26. The molecule has 152 valence electrons. The molecule has 0 bridgehead atoms. The van der Waals surface area contributed by atoms with Crippen LogP contribution in [0.2, 0.25) is 0 Å². The maximum absolute atomic E-state index is 12.1. The Labute approximate surface area is 174 Å². The number of Topliss-reactive ketones (excluding diaryl/α,β-unsaturated/α-hetero) is 1. The highest BCUT2D eigenvalue weighted by molar-refractivity contribution is 5.97. The Morgan fingerprint density at radius 2 is 1.43 bits per heavy atom. The lowest BCUT2D eigenvalue weighted by molar-refractivity contribution is -0.119. The number of amides is 1. The van der Waals surface area contributed by atoms with E-state index in [0.717, 1.165) is 11.3 Å². The fraction of sp³-hybridized carbons (Fsp3) is 0.125. The van der Waals surface area contributed by atoms with Gasteiger partial charge in [0.05, 0.1) is 5.56 Å². The summed E-state index contributed by atoms with van der Waals surface area (Å²) in [5, 5.41) is 2.61. The summed E-state index contributed by atoms with van der Waals surface area (Å²) in [5.41, 5.74) is 2.32. The Bertz CT molecular complexity index is 1010. The number of nitrogens with one attached hydrogen (secondary N) is 1. The zero-order chi connectivity index (χ0) is 21.3. The van der Waals surface area contributed by atoms with Crippen molar-refractivity contribution >= 4 is 23.3 Å². The number of rotatable bonds is 8. The molecular weight excluding hydrogens is 382 g/mol. The van der Waals surface area contributed by atoms with Crippen LogP contribution >= 0.6 is 0 Å². The van der Waals surface area contributed by atoms with Crippen molar-refractivity contribution < 1.29 is 23.9 Å². The molecule has 3 aromatic rings. The molecule has 3 rings (SSSR count). The topological polar surface area (TPSA) is 81.7 Å². The van der Waals surface area contributed by atoms with E-state index in [1.807, 2.05) is 30.3 Å². The standard InChI is InChI=1S/C24H21NO5/c1-17(26)19-11-13-21(14-12-19)25-23(27)16-30-24(28)20-9-7-18(8-10-20)15-29-22-5-3-2-4-6-22/h2-14H,15-16H2,1H3,(H,25,27). The molecule has 0 radical (unpaired) electrons. The second-order valence-corrected chi connectivity index (χ2v) is 6.56. The van der Waals surface area contributed by atoms with E-state index in [0.29, 0.717) is 23.4 Å². The number of hydrogen-bond acceptors (Lipinski definition) is 5. The second kappa shape index (κ2) is 10.0. The van der Waals surface area contributed by atoms with Crippen LogP contribution in [0.5, 0.6) is 5.75 Å². The minimum atomic E-state index is -0.590.